The minimum atomic E-state index is -0.901. The van der Waals surface area contributed by atoms with Crippen LogP contribution < -0.4 is 10.2 Å². The largest absolute Gasteiger partial charge is 0.372 e. The normalized spacial score (nSPS) is 14.0. The summed E-state index contributed by atoms with van der Waals surface area (Å²) in [7, 11) is 0. The molecule has 0 bridgehead atoms. The van der Waals surface area contributed by atoms with Crippen LogP contribution in [0.4, 0.5) is 20.2 Å². The first-order valence-electron chi connectivity index (χ1n) is 10.3. The minimum absolute atomic E-state index is 0.217. The van der Waals surface area contributed by atoms with E-state index in [-0.39, 0.29) is 5.56 Å². The number of hydrogen-bond acceptors (Lipinski definition) is 3. The molecular formula is C23H24F2N4O. The van der Waals surface area contributed by atoms with Gasteiger partial charge in [-0.05, 0) is 49.9 Å². The zero-order valence-electron chi connectivity index (χ0n) is 16.8. The van der Waals surface area contributed by atoms with Crippen molar-refractivity contribution in [3.63, 3.8) is 0 Å². The molecule has 7 heteroatoms. The van der Waals surface area contributed by atoms with Crippen LogP contribution in [0, 0.1) is 11.6 Å². The van der Waals surface area contributed by atoms with Crippen LogP contribution in [0.25, 0.3) is 11.3 Å². The standard InChI is InChI=1S/C23H24F2N4O/c1-2-20-22(26-23(30)18-11-8-16(24)14-19(18)25)21(28-27-20)15-6-9-17(10-7-15)29-12-4-3-5-13-29/h6-11,14H,2-5,12-13H2,1H3,(H,26,30)(H,27,28). The van der Waals surface area contributed by atoms with Gasteiger partial charge in [0, 0.05) is 30.4 Å². The van der Waals surface area contributed by atoms with Crippen LogP contribution in [0.15, 0.2) is 42.5 Å². The van der Waals surface area contributed by atoms with E-state index in [0.29, 0.717) is 23.9 Å². The molecule has 5 nitrogen and oxygen atoms in total. The fourth-order valence-corrected chi connectivity index (χ4v) is 3.81. The number of amides is 1. The van der Waals surface area contributed by atoms with Gasteiger partial charge in [0.2, 0.25) is 0 Å². The van der Waals surface area contributed by atoms with E-state index in [4.69, 9.17) is 0 Å². The van der Waals surface area contributed by atoms with E-state index in [2.05, 4.69) is 32.5 Å². The van der Waals surface area contributed by atoms with Gasteiger partial charge in [-0.3, -0.25) is 9.89 Å². The Kier molecular flexibility index (Phi) is 5.79. The molecule has 2 heterocycles. The summed E-state index contributed by atoms with van der Waals surface area (Å²) in [5.41, 5.74) is 3.64. The summed E-state index contributed by atoms with van der Waals surface area (Å²) in [5.74, 6) is -2.27. The lowest BCUT2D eigenvalue weighted by Gasteiger charge is -2.28. The number of nitrogens with one attached hydrogen (secondary N) is 2. The Morgan fingerprint density at radius 3 is 2.50 bits per heavy atom. The zero-order chi connectivity index (χ0) is 21.1. The van der Waals surface area contributed by atoms with Crippen molar-refractivity contribution in [3.05, 3.63) is 65.4 Å². The smallest absolute Gasteiger partial charge is 0.258 e. The number of aromatic amines is 1. The first-order valence-corrected chi connectivity index (χ1v) is 10.3. The molecule has 1 aromatic heterocycles. The summed E-state index contributed by atoms with van der Waals surface area (Å²) in [6.45, 7) is 4.06. The van der Waals surface area contributed by atoms with E-state index in [1.807, 2.05) is 19.1 Å². The first-order chi connectivity index (χ1) is 14.6. The van der Waals surface area contributed by atoms with E-state index in [0.717, 1.165) is 36.5 Å². The van der Waals surface area contributed by atoms with E-state index in [9.17, 15) is 13.6 Å². The molecule has 0 aliphatic carbocycles. The third-order valence-electron chi connectivity index (χ3n) is 5.47. The van der Waals surface area contributed by atoms with Gasteiger partial charge in [-0.2, -0.15) is 5.10 Å². The van der Waals surface area contributed by atoms with Gasteiger partial charge >= 0.3 is 0 Å². The van der Waals surface area contributed by atoms with Crippen LogP contribution in [0.1, 0.15) is 42.2 Å². The molecule has 0 atom stereocenters. The van der Waals surface area contributed by atoms with Crippen molar-refractivity contribution in [1.82, 2.24) is 10.2 Å². The maximum Gasteiger partial charge on any atom is 0.258 e. The van der Waals surface area contributed by atoms with Gasteiger partial charge in [0.25, 0.3) is 5.91 Å². The maximum absolute atomic E-state index is 14.0. The van der Waals surface area contributed by atoms with Crippen molar-refractivity contribution in [3.8, 4) is 11.3 Å². The van der Waals surface area contributed by atoms with E-state index < -0.39 is 17.5 Å². The molecule has 1 aliphatic rings. The molecule has 0 unspecified atom stereocenters. The van der Waals surface area contributed by atoms with Crippen LogP contribution in [0.3, 0.4) is 0 Å². The van der Waals surface area contributed by atoms with Crippen LogP contribution in [0.5, 0.6) is 0 Å². The molecule has 4 rings (SSSR count). The second-order valence-electron chi connectivity index (χ2n) is 7.45. The van der Waals surface area contributed by atoms with Crippen molar-refractivity contribution < 1.29 is 13.6 Å². The van der Waals surface area contributed by atoms with Gasteiger partial charge in [-0.15, -0.1) is 0 Å². The Bertz CT molecular complexity index is 1040. The van der Waals surface area contributed by atoms with Gasteiger partial charge < -0.3 is 10.2 Å². The monoisotopic (exact) mass is 410 g/mol. The number of aryl methyl sites for hydroxylation is 1. The lowest BCUT2D eigenvalue weighted by Crippen LogP contribution is -2.29. The van der Waals surface area contributed by atoms with Gasteiger partial charge in [0.1, 0.15) is 17.3 Å². The Hall–Kier alpha value is -3.22. The fraction of sp³-hybridized carbons (Fsp3) is 0.304. The second kappa shape index (κ2) is 8.65. The molecule has 1 amide bonds. The van der Waals surface area contributed by atoms with Crippen LogP contribution in [-0.2, 0) is 6.42 Å². The average molecular weight is 410 g/mol. The SMILES string of the molecule is CCc1[nH]nc(-c2ccc(N3CCCCC3)cc2)c1NC(=O)c1ccc(F)cc1F. The highest BCUT2D eigenvalue weighted by atomic mass is 19.1. The molecule has 0 radical (unpaired) electrons. The molecule has 3 aromatic rings. The summed E-state index contributed by atoms with van der Waals surface area (Å²) >= 11 is 0. The Morgan fingerprint density at radius 2 is 1.83 bits per heavy atom. The number of carbonyl (C=O) groups is 1. The van der Waals surface area contributed by atoms with Gasteiger partial charge in [0.05, 0.1) is 16.9 Å². The van der Waals surface area contributed by atoms with Gasteiger partial charge in [-0.25, -0.2) is 8.78 Å². The number of carbonyl (C=O) groups excluding carboxylic acids is 1. The number of hydrogen-bond donors (Lipinski definition) is 2. The number of piperidine rings is 1. The van der Waals surface area contributed by atoms with Gasteiger partial charge in [-0.1, -0.05) is 19.1 Å². The predicted molar refractivity (Wildman–Crippen MR) is 114 cm³/mol. The lowest BCUT2D eigenvalue weighted by atomic mass is 10.1. The fourth-order valence-electron chi connectivity index (χ4n) is 3.81. The summed E-state index contributed by atoms with van der Waals surface area (Å²) < 4.78 is 27.2. The van der Waals surface area contributed by atoms with E-state index in [1.54, 1.807) is 0 Å². The molecule has 2 aromatic carbocycles. The third kappa shape index (κ3) is 4.06. The number of H-pyrrole nitrogens is 1. The summed E-state index contributed by atoms with van der Waals surface area (Å²) in [5, 5.41) is 10.1. The molecule has 156 valence electrons. The van der Waals surface area contributed by atoms with E-state index in [1.165, 1.54) is 24.9 Å². The highest BCUT2D eigenvalue weighted by Gasteiger charge is 2.20. The number of nitrogens with zero attached hydrogens (tertiary/aromatic N) is 2. The van der Waals surface area contributed by atoms with Crippen molar-refractivity contribution >= 4 is 17.3 Å². The molecule has 0 saturated carbocycles. The number of rotatable bonds is 5. The number of benzene rings is 2. The Labute approximate surface area is 174 Å². The highest BCUT2D eigenvalue weighted by Crippen LogP contribution is 2.31. The molecule has 30 heavy (non-hydrogen) atoms. The van der Waals surface area contributed by atoms with E-state index >= 15 is 0 Å². The first kappa shape index (κ1) is 20.1. The molecule has 1 aliphatic heterocycles. The number of halogens is 2. The maximum atomic E-state index is 14.0. The highest BCUT2D eigenvalue weighted by molar-refractivity contribution is 6.06. The quantitative estimate of drug-likeness (QED) is 0.611. The van der Waals surface area contributed by atoms with Gasteiger partial charge in [0.15, 0.2) is 0 Å². The average Bonchev–Trinajstić information content (AvgIpc) is 3.17. The lowest BCUT2D eigenvalue weighted by molar-refractivity contribution is 0.102. The van der Waals surface area contributed by atoms with Crippen molar-refractivity contribution in [2.75, 3.05) is 23.3 Å². The zero-order valence-corrected chi connectivity index (χ0v) is 16.8. The van der Waals surface area contributed by atoms with Crippen LogP contribution >= 0.6 is 0 Å². The molecule has 2 N–H and O–H groups in total. The molecule has 1 saturated heterocycles. The summed E-state index contributed by atoms with van der Waals surface area (Å²) in [4.78, 5) is 15.0. The molecule has 0 spiro atoms. The van der Waals surface area contributed by atoms with Crippen LogP contribution in [-0.4, -0.2) is 29.2 Å². The van der Waals surface area contributed by atoms with Crippen molar-refractivity contribution in [1.29, 1.82) is 0 Å². The van der Waals surface area contributed by atoms with Crippen LogP contribution in [0.2, 0.25) is 0 Å². The van der Waals surface area contributed by atoms with Crippen molar-refractivity contribution in [2.45, 2.75) is 32.6 Å². The van der Waals surface area contributed by atoms with Crippen molar-refractivity contribution in [2.24, 2.45) is 0 Å². The Morgan fingerprint density at radius 1 is 1.10 bits per heavy atom. The summed E-state index contributed by atoms with van der Waals surface area (Å²) in [6.07, 6.45) is 4.30. The summed E-state index contributed by atoms with van der Waals surface area (Å²) in [6, 6.07) is 11.0. The minimum Gasteiger partial charge on any atom is -0.372 e. The predicted octanol–water partition coefficient (Wildman–Crippen LogP) is 5.16. The topological polar surface area (TPSA) is 61.0 Å². The number of anilines is 2. The molecule has 1 fully saturated rings. The Balaban J connectivity index is 1.60. The molecular weight excluding hydrogens is 386 g/mol. The second-order valence-corrected chi connectivity index (χ2v) is 7.45. The number of aromatic nitrogens is 2. The third-order valence-corrected chi connectivity index (χ3v) is 5.47.